The minimum absolute atomic E-state index is 0.193. The van der Waals surface area contributed by atoms with E-state index in [1.807, 2.05) is 0 Å². The van der Waals surface area contributed by atoms with Gasteiger partial charge in [-0.3, -0.25) is 9.59 Å². The first-order valence-electron chi connectivity index (χ1n) is 9.01. The van der Waals surface area contributed by atoms with E-state index in [1.165, 1.54) is 25.3 Å². The minimum atomic E-state index is -4.89. The predicted molar refractivity (Wildman–Crippen MR) is 96.6 cm³/mol. The van der Waals surface area contributed by atoms with Crippen LogP contribution in [-0.4, -0.2) is 43.5 Å². The lowest BCUT2D eigenvalue weighted by Gasteiger charge is -2.21. The van der Waals surface area contributed by atoms with Crippen LogP contribution < -0.4 is 4.74 Å². The molecule has 0 atom stereocenters. The molecule has 4 nitrogen and oxygen atoms in total. The zero-order chi connectivity index (χ0) is 19.9. The number of hydrogen-bond acceptors (Lipinski definition) is 3. The Hall–Kier alpha value is -2.31. The minimum Gasteiger partial charge on any atom is -0.493 e. The third-order valence-electron chi connectivity index (χ3n) is 4.58. The van der Waals surface area contributed by atoms with Gasteiger partial charge in [0.15, 0.2) is 0 Å². The third kappa shape index (κ3) is 6.73. The maximum Gasteiger partial charge on any atom is 0.471 e. The molecule has 0 unspecified atom stereocenters. The number of rotatable bonds is 7. The van der Waals surface area contributed by atoms with E-state index in [2.05, 4.69) is 0 Å². The molecule has 0 aromatic heterocycles. The Bertz CT molecular complexity index is 680. The molecule has 0 saturated heterocycles. The summed E-state index contributed by atoms with van der Waals surface area (Å²) in [5.41, 5.74) is 1.06. The number of halogens is 3. The smallest absolute Gasteiger partial charge is 0.471 e. The molecule has 1 aliphatic rings. The van der Waals surface area contributed by atoms with E-state index < -0.39 is 12.1 Å². The largest absolute Gasteiger partial charge is 0.493 e. The quantitative estimate of drug-likeness (QED) is 0.652. The molecule has 1 aromatic rings. The van der Waals surface area contributed by atoms with E-state index >= 15 is 0 Å². The summed E-state index contributed by atoms with van der Waals surface area (Å²) in [6.07, 6.45) is 4.78. The van der Waals surface area contributed by atoms with Crippen molar-refractivity contribution in [2.24, 2.45) is 5.92 Å². The van der Waals surface area contributed by atoms with E-state index in [9.17, 15) is 22.8 Å². The van der Waals surface area contributed by atoms with Crippen LogP contribution in [0, 0.1) is 5.92 Å². The number of aldehydes is 1. The Morgan fingerprint density at radius 3 is 2.48 bits per heavy atom. The molecule has 1 fully saturated rings. The lowest BCUT2D eigenvalue weighted by atomic mass is 9.90. The Kier molecular flexibility index (Phi) is 7.45. The number of hydrogen-bond donors (Lipinski definition) is 0. The highest BCUT2D eigenvalue weighted by atomic mass is 19.4. The zero-order valence-electron chi connectivity index (χ0n) is 15.3. The van der Waals surface area contributed by atoms with Crippen LogP contribution in [0.5, 0.6) is 5.75 Å². The van der Waals surface area contributed by atoms with Crippen LogP contribution in [0.15, 0.2) is 24.3 Å². The fourth-order valence-corrected chi connectivity index (χ4v) is 3.11. The van der Waals surface area contributed by atoms with E-state index in [-0.39, 0.29) is 6.54 Å². The van der Waals surface area contributed by atoms with Crippen molar-refractivity contribution in [1.82, 2.24) is 4.90 Å². The number of alkyl halides is 3. The second-order valence-corrected chi connectivity index (χ2v) is 6.85. The molecular weight excluding hydrogens is 359 g/mol. The van der Waals surface area contributed by atoms with Gasteiger partial charge in [0.25, 0.3) is 0 Å². The lowest BCUT2D eigenvalue weighted by Crippen LogP contribution is -2.38. The number of likely N-dealkylation sites (N-methyl/N-ethyl adjacent to an activating group) is 1. The molecule has 0 bridgehead atoms. The maximum absolute atomic E-state index is 12.4. The molecular formula is C20H24F3NO3. The molecule has 1 amide bonds. The monoisotopic (exact) mass is 383 g/mol. The highest BCUT2D eigenvalue weighted by Crippen LogP contribution is 2.25. The highest BCUT2D eigenvalue weighted by Gasteiger charge is 2.40. The highest BCUT2D eigenvalue weighted by molar-refractivity contribution is 5.82. The zero-order valence-corrected chi connectivity index (χ0v) is 15.3. The van der Waals surface area contributed by atoms with E-state index in [0.717, 1.165) is 19.9 Å². The van der Waals surface area contributed by atoms with Gasteiger partial charge in [0, 0.05) is 19.2 Å². The van der Waals surface area contributed by atoms with Gasteiger partial charge in [0.2, 0.25) is 0 Å². The molecule has 27 heavy (non-hydrogen) atoms. The van der Waals surface area contributed by atoms with Gasteiger partial charge in [-0.25, -0.2) is 0 Å². The Labute approximate surface area is 157 Å². The van der Waals surface area contributed by atoms with Crippen molar-refractivity contribution in [3.63, 3.8) is 0 Å². The molecule has 148 valence electrons. The summed E-state index contributed by atoms with van der Waals surface area (Å²) in [7, 11) is 1.08. The molecule has 7 heteroatoms. The molecule has 0 heterocycles. The molecule has 0 aliphatic heterocycles. The molecule has 1 aromatic carbocycles. The van der Waals surface area contributed by atoms with Crippen molar-refractivity contribution < 1.29 is 27.5 Å². The second kappa shape index (κ2) is 9.58. The van der Waals surface area contributed by atoms with E-state index in [4.69, 9.17) is 4.74 Å². The summed E-state index contributed by atoms with van der Waals surface area (Å²) in [4.78, 5) is 22.8. The van der Waals surface area contributed by atoms with Crippen molar-refractivity contribution in [1.29, 1.82) is 0 Å². The molecule has 1 saturated carbocycles. The maximum atomic E-state index is 12.4. The number of benzene rings is 1. The molecule has 0 spiro atoms. The fraction of sp³-hybridized carbons (Fsp3) is 0.500. The topological polar surface area (TPSA) is 46.6 Å². The van der Waals surface area contributed by atoms with Gasteiger partial charge >= 0.3 is 12.1 Å². The number of carbonyl (C=O) groups excluding carboxylic acids is 2. The normalized spacial score (nSPS) is 15.7. The summed E-state index contributed by atoms with van der Waals surface area (Å²) >= 11 is 0. The molecule has 0 N–H and O–H groups in total. The van der Waals surface area contributed by atoms with Crippen LogP contribution in [0.4, 0.5) is 13.2 Å². The summed E-state index contributed by atoms with van der Waals surface area (Å²) in [6.45, 7) is 0.399. The second-order valence-electron chi connectivity index (χ2n) is 6.85. The van der Waals surface area contributed by atoms with Gasteiger partial charge in [0.05, 0.1) is 6.61 Å². The number of ether oxygens (including phenoxy) is 1. The van der Waals surface area contributed by atoms with Gasteiger partial charge in [-0.2, -0.15) is 13.2 Å². The molecule has 2 rings (SSSR count). The first-order chi connectivity index (χ1) is 12.8. The number of amides is 1. The number of carbonyl (C=O) groups is 2. The van der Waals surface area contributed by atoms with Gasteiger partial charge in [-0.1, -0.05) is 31.4 Å². The number of nitrogens with zero attached hydrogens (tertiary/aromatic N) is 1. The van der Waals surface area contributed by atoms with Crippen molar-refractivity contribution in [3.8, 4) is 5.75 Å². The standard InChI is InChI=1S/C20H24F3NO3/c1-24(19(26)20(21,22)23)9-5-8-16-10-17(13-25)12-18(11-16)27-14-15-6-3-2-4-7-15/h5,8,10-13,15H,2-4,6-7,9,14H2,1H3/b8-5+. The molecule has 0 radical (unpaired) electrons. The van der Waals surface area contributed by atoms with Gasteiger partial charge in [-0.15, -0.1) is 0 Å². The Morgan fingerprint density at radius 2 is 1.85 bits per heavy atom. The van der Waals surface area contributed by atoms with Crippen molar-refractivity contribution >= 4 is 18.3 Å². The van der Waals surface area contributed by atoms with Crippen LogP contribution >= 0.6 is 0 Å². The van der Waals surface area contributed by atoms with Crippen LogP contribution in [-0.2, 0) is 4.79 Å². The third-order valence-corrected chi connectivity index (χ3v) is 4.58. The van der Waals surface area contributed by atoms with Crippen LogP contribution in [0.1, 0.15) is 48.0 Å². The first-order valence-corrected chi connectivity index (χ1v) is 9.01. The van der Waals surface area contributed by atoms with Crippen LogP contribution in [0.25, 0.3) is 6.08 Å². The SMILES string of the molecule is CN(C/C=C/c1cc(C=O)cc(OCC2CCCCC2)c1)C(=O)C(F)(F)F. The van der Waals surface area contributed by atoms with Gasteiger partial charge < -0.3 is 9.64 Å². The Morgan fingerprint density at radius 1 is 1.19 bits per heavy atom. The summed E-state index contributed by atoms with van der Waals surface area (Å²) in [5.74, 6) is -0.825. The summed E-state index contributed by atoms with van der Waals surface area (Å²) < 4.78 is 42.9. The van der Waals surface area contributed by atoms with Gasteiger partial charge in [-0.05, 0) is 42.5 Å². The molecule has 1 aliphatic carbocycles. The van der Waals surface area contributed by atoms with E-state index in [1.54, 1.807) is 24.3 Å². The lowest BCUT2D eigenvalue weighted by molar-refractivity contribution is -0.183. The predicted octanol–water partition coefficient (Wildman–Crippen LogP) is 4.49. The van der Waals surface area contributed by atoms with Crippen molar-refractivity contribution in [2.75, 3.05) is 20.2 Å². The van der Waals surface area contributed by atoms with E-state index in [0.29, 0.717) is 40.6 Å². The average molecular weight is 383 g/mol. The van der Waals surface area contributed by atoms with Crippen molar-refractivity contribution in [2.45, 2.75) is 38.3 Å². The van der Waals surface area contributed by atoms with Crippen LogP contribution in [0.2, 0.25) is 0 Å². The Balaban J connectivity index is 1.99. The first kappa shape index (κ1) is 21.0. The summed E-state index contributed by atoms with van der Waals surface area (Å²) in [6, 6.07) is 4.99. The van der Waals surface area contributed by atoms with Crippen molar-refractivity contribution in [3.05, 3.63) is 35.4 Å². The average Bonchev–Trinajstić information content (AvgIpc) is 2.65. The van der Waals surface area contributed by atoms with Gasteiger partial charge in [0.1, 0.15) is 12.0 Å². The fourth-order valence-electron chi connectivity index (χ4n) is 3.11. The van der Waals surface area contributed by atoms with Crippen LogP contribution in [0.3, 0.4) is 0 Å². The summed E-state index contributed by atoms with van der Waals surface area (Å²) in [5, 5.41) is 0.